The third kappa shape index (κ3) is 17.5. The molecule has 0 spiro atoms. The molecule has 0 bridgehead atoms. The van der Waals surface area contributed by atoms with Crippen LogP contribution in [0.3, 0.4) is 0 Å². The second-order valence-electron chi connectivity index (χ2n) is 8.49. The molecule has 0 unspecified atom stereocenters. The number of hydrogen-bond acceptors (Lipinski definition) is 10. The van der Waals surface area contributed by atoms with Gasteiger partial charge in [-0.2, -0.15) is 8.42 Å². The number of hydrogen-bond donors (Lipinski definition) is 0. The van der Waals surface area contributed by atoms with Crippen molar-refractivity contribution in [3.05, 3.63) is 29.8 Å². The van der Waals surface area contributed by atoms with Crippen LogP contribution in [0, 0.1) is 6.92 Å². The summed E-state index contributed by atoms with van der Waals surface area (Å²) in [5, 5.41) is 0. The minimum absolute atomic E-state index is 0.0614. The Kier molecular flexibility index (Phi) is 16.0. The van der Waals surface area contributed by atoms with Crippen molar-refractivity contribution in [2.45, 2.75) is 44.6 Å². The molecule has 0 atom stereocenters. The molecule has 202 valence electrons. The van der Waals surface area contributed by atoms with Crippen molar-refractivity contribution < 1.29 is 45.8 Å². The second-order valence-corrected chi connectivity index (χ2v) is 10.1. The zero-order valence-electron chi connectivity index (χ0n) is 21.3. The van der Waals surface area contributed by atoms with E-state index in [0.29, 0.717) is 59.5 Å². The summed E-state index contributed by atoms with van der Waals surface area (Å²) in [6.07, 6.45) is 0.217. The number of carbonyl (C=O) groups excluding carboxylic acids is 1. The lowest BCUT2D eigenvalue weighted by molar-refractivity contribution is -0.156. The highest BCUT2D eigenvalue weighted by molar-refractivity contribution is 7.86. The molecule has 0 N–H and O–H groups in total. The Morgan fingerprint density at radius 2 is 1.09 bits per heavy atom. The minimum atomic E-state index is -3.77. The topological polar surface area (TPSA) is 116 Å². The molecule has 1 aromatic rings. The van der Waals surface area contributed by atoms with E-state index in [1.807, 2.05) is 27.7 Å². The van der Waals surface area contributed by atoms with Gasteiger partial charge in [0.1, 0.15) is 5.60 Å². The van der Waals surface area contributed by atoms with Crippen molar-refractivity contribution in [3.63, 3.8) is 0 Å². The maximum atomic E-state index is 12.0. The quantitative estimate of drug-likeness (QED) is 0.144. The first-order valence-electron chi connectivity index (χ1n) is 11.7. The summed E-state index contributed by atoms with van der Waals surface area (Å²) in [6.45, 7) is 11.0. The van der Waals surface area contributed by atoms with Gasteiger partial charge >= 0.3 is 5.97 Å². The van der Waals surface area contributed by atoms with Crippen LogP contribution in [0.4, 0.5) is 0 Å². The minimum Gasteiger partial charge on any atom is -0.460 e. The fourth-order valence-corrected chi connectivity index (χ4v) is 3.40. The van der Waals surface area contributed by atoms with Gasteiger partial charge in [-0.15, -0.1) is 0 Å². The number of esters is 1. The van der Waals surface area contributed by atoms with Gasteiger partial charge in [-0.1, -0.05) is 17.7 Å². The maximum Gasteiger partial charge on any atom is 0.308 e. The Labute approximate surface area is 209 Å². The molecule has 0 aliphatic rings. The van der Waals surface area contributed by atoms with Gasteiger partial charge in [-0.25, -0.2) is 0 Å². The lowest BCUT2D eigenvalue weighted by Gasteiger charge is -2.19. The van der Waals surface area contributed by atoms with Crippen LogP contribution in [-0.4, -0.2) is 92.7 Å². The molecule has 0 saturated carbocycles. The normalized spacial score (nSPS) is 12.1. The molecule has 0 aliphatic carbocycles. The van der Waals surface area contributed by atoms with E-state index < -0.39 is 15.7 Å². The fourth-order valence-electron chi connectivity index (χ4n) is 2.51. The van der Waals surface area contributed by atoms with Crippen LogP contribution in [0.2, 0.25) is 0 Å². The van der Waals surface area contributed by atoms with Gasteiger partial charge in [-0.3, -0.25) is 8.98 Å². The van der Waals surface area contributed by atoms with Gasteiger partial charge in [-0.05, 0) is 39.8 Å². The molecule has 0 fully saturated rings. The van der Waals surface area contributed by atoms with Crippen LogP contribution in [-0.2, 0) is 47.5 Å². The van der Waals surface area contributed by atoms with E-state index in [1.54, 1.807) is 12.1 Å². The zero-order chi connectivity index (χ0) is 26.0. The third-order valence-corrected chi connectivity index (χ3v) is 5.46. The lowest BCUT2D eigenvalue weighted by atomic mass is 10.2. The molecule has 0 aromatic heterocycles. The van der Waals surface area contributed by atoms with Gasteiger partial charge < -0.3 is 28.4 Å². The SMILES string of the molecule is Cc1ccc(S(=O)(=O)OCCOCCOCCOCCOCCOCCC(=O)OC(C)(C)C)cc1. The first-order chi connectivity index (χ1) is 16.6. The van der Waals surface area contributed by atoms with E-state index in [-0.39, 0.29) is 30.5 Å². The molecule has 35 heavy (non-hydrogen) atoms. The van der Waals surface area contributed by atoms with Gasteiger partial charge in [0.25, 0.3) is 10.1 Å². The number of rotatable bonds is 20. The predicted molar refractivity (Wildman–Crippen MR) is 129 cm³/mol. The number of benzene rings is 1. The molecule has 0 radical (unpaired) electrons. The van der Waals surface area contributed by atoms with Crippen molar-refractivity contribution >= 4 is 16.1 Å². The molecular weight excluding hydrogens is 480 g/mol. The van der Waals surface area contributed by atoms with Crippen LogP contribution < -0.4 is 0 Å². The highest BCUT2D eigenvalue weighted by atomic mass is 32.2. The summed E-state index contributed by atoms with van der Waals surface area (Å²) < 4.78 is 61.0. The molecule has 10 nitrogen and oxygen atoms in total. The number of ether oxygens (including phenoxy) is 6. The van der Waals surface area contributed by atoms with E-state index in [0.717, 1.165) is 5.56 Å². The van der Waals surface area contributed by atoms with Crippen LogP contribution in [0.25, 0.3) is 0 Å². The highest BCUT2D eigenvalue weighted by Gasteiger charge is 2.16. The number of aryl methyl sites for hydroxylation is 1. The Morgan fingerprint density at radius 1 is 0.686 bits per heavy atom. The van der Waals surface area contributed by atoms with Crippen molar-refractivity contribution in [2.75, 3.05) is 72.7 Å². The van der Waals surface area contributed by atoms with E-state index in [1.165, 1.54) is 12.1 Å². The Hall–Kier alpha value is -1.60. The van der Waals surface area contributed by atoms with Crippen molar-refractivity contribution in [1.82, 2.24) is 0 Å². The molecule has 0 saturated heterocycles. The van der Waals surface area contributed by atoms with E-state index in [2.05, 4.69) is 0 Å². The molecular formula is C24H40O10S. The van der Waals surface area contributed by atoms with Crippen molar-refractivity contribution in [2.24, 2.45) is 0 Å². The molecule has 1 aromatic carbocycles. The van der Waals surface area contributed by atoms with Crippen LogP contribution >= 0.6 is 0 Å². The zero-order valence-corrected chi connectivity index (χ0v) is 22.1. The Bertz CT molecular complexity index is 788. The fraction of sp³-hybridized carbons (Fsp3) is 0.708. The first-order valence-corrected chi connectivity index (χ1v) is 13.1. The largest absolute Gasteiger partial charge is 0.460 e. The standard InChI is InChI=1S/C24H40O10S/c1-21-5-7-22(8-6-21)35(26,27)33-20-19-32-18-17-31-16-15-30-14-13-29-12-11-28-10-9-23(25)34-24(2,3)4/h5-8H,9-20H2,1-4H3. The van der Waals surface area contributed by atoms with Crippen LogP contribution in [0.5, 0.6) is 0 Å². The molecule has 0 amide bonds. The summed E-state index contributed by atoms with van der Waals surface area (Å²) in [5.41, 5.74) is 0.491. The van der Waals surface area contributed by atoms with Gasteiger partial charge in [0.2, 0.25) is 0 Å². The summed E-state index contributed by atoms with van der Waals surface area (Å²) in [7, 11) is -3.77. The molecule has 0 aliphatic heterocycles. The molecule has 1 rings (SSSR count). The van der Waals surface area contributed by atoms with Gasteiger partial charge in [0, 0.05) is 0 Å². The van der Waals surface area contributed by atoms with Gasteiger partial charge in [0.15, 0.2) is 0 Å². The average molecular weight is 521 g/mol. The van der Waals surface area contributed by atoms with Crippen LogP contribution in [0.15, 0.2) is 29.2 Å². The van der Waals surface area contributed by atoms with Crippen molar-refractivity contribution in [1.29, 1.82) is 0 Å². The van der Waals surface area contributed by atoms with Crippen LogP contribution in [0.1, 0.15) is 32.8 Å². The summed E-state index contributed by atoms with van der Waals surface area (Å²) in [4.78, 5) is 11.6. The number of carbonyl (C=O) groups is 1. The van der Waals surface area contributed by atoms with E-state index in [4.69, 9.17) is 32.6 Å². The molecule has 0 heterocycles. The average Bonchev–Trinajstić information content (AvgIpc) is 2.77. The van der Waals surface area contributed by atoms with Gasteiger partial charge in [0.05, 0.1) is 84.0 Å². The summed E-state index contributed by atoms with van der Waals surface area (Å²) in [5.74, 6) is -0.279. The third-order valence-electron chi connectivity index (χ3n) is 4.13. The second kappa shape index (κ2) is 17.8. The Morgan fingerprint density at radius 3 is 1.51 bits per heavy atom. The first kappa shape index (κ1) is 31.4. The predicted octanol–water partition coefficient (Wildman–Crippen LogP) is 2.52. The Balaban J connectivity index is 1.82. The summed E-state index contributed by atoms with van der Waals surface area (Å²) in [6, 6.07) is 6.46. The summed E-state index contributed by atoms with van der Waals surface area (Å²) >= 11 is 0. The smallest absolute Gasteiger partial charge is 0.308 e. The van der Waals surface area contributed by atoms with E-state index in [9.17, 15) is 13.2 Å². The van der Waals surface area contributed by atoms with E-state index >= 15 is 0 Å². The highest BCUT2D eigenvalue weighted by Crippen LogP contribution is 2.13. The molecule has 11 heteroatoms. The monoisotopic (exact) mass is 520 g/mol. The maximum absolute atomic E-state index is 12.0. The van der Waals surface area contributed by atoms with Crippen molar-refractivity contribution in [3.8, 4) is 0 Å². The lowest BCUT2D eigenvalue weighted by Crippen LogP contribution is -2.24.